The van der Waals surface area contributed by atoms with E-state index in [9.17, 15) is 19.5 Å². The van der Waals surface area contributed by atoms with Crippen molar-refractivity contribution in [1.82, 2.24) is 20.0 Å². The average Bonchev–Trinajstić information content (AvgIpc) is 2.83. The molecule has 0 saturated carbocycles. The van der Waals surface area contributed by atoms with Crippen LogP contribution < -0.4 is 5.32 Å². The van der Waals surface area contributed by atoms with E-state index in [4.69, 9.17) is 0 Å². The van der Waals surface area contributed by atoms with Gasteiger partial charge in [0.1, 0.15) is 0 Å². The number of carbonyl (C=O) groups is 3. The van der Waals surface area contributed by atoms with Gasteiger partial charge in [0.15, 0.2) is 0 Å². The zero-order chi connectivity index (χ0) is 17.5. The van der Waals surface area contributed by atoms with Crippen LogP contribution in [0.2, 0.25) is 0 Å². The molecule has 3 heterocycles. The highest BCUT2D eigenvalue weighted by Crippen LogP contribution is 2.39. The molecule has 0 aromatic rings. The normalized spacial score (nSPS) is 28.5. The molecule has 1 spiro atoms. The van der Waals surface area contributed by atoms with E-state index in [1.807, 2.05) is 4.90 Å². The fraction of sp³-hybridized carbons (Fsp3) is 0.812. The van der Waals surface area contributed by atoms with Crippen molar-refractivity contribution in [2.24, 2.45) is 0 Å². The minimum Gasteiger partial charge on any atom is -0.392 e. The van der Waals surface area contributed by atoms with Crippen molar-refractivity contribution in [3.8, 4) is 0 Å². The molecule has 0 unspecified atom stereocenters. The molecule has 0 bridgehead atoms. The number of aliphatic hydroxyl groups is 1. The molecule has 8 nitrogen and oxygen atoms in total. The first-order chi connectivity index (χ1) is 11.3. The number of piperazine rings is 1. The van der Waals surface area contributed by atoms with Crippen LogP contribution in [0, 0.1) is 0 Å². The highest BCUT2D eigenvalue weighted by molar-refractivity contribution is 5.79. The Morgan fingerprint density at radius 3 is 2.42 bits per heavy atom. The van der Waals surface area contributed by atoms with Crippen LogP contribution in [0.5, 0.6) is 0 Å². The Hall–Kier alpha value is -1.67. The van der Waals surface area contributed by atoms with Crippen molar-refractivity contribution in [2.75, 3.05) is 39.3 Å². The maximum Gasteiger partial charge on any atom is 0.224 e. The number of hydrogen-bond donors (Lipinski definition) is 2. The Balaban J connectivity index is 1.67. The molecule has 3 aliphatic rings. The van der Waals surface area contributed by atoms with E-state index in [0.717, 1.165) is 0 Å². The second-order valence-corrected chi connectivity index (χ2v) is 7.30. The van der Waals surface area contributed by atoms with Gasteiger partial charge < -0.3 is 20.2 Å². The van der Waals surface area contributed by atoms with Gasteiger partial charge in [0.2, 0.25) is 17.7 Å². The number of nitrogens with zero attached hydrogens (tertiary/aromatic N) is 3. The van der Waals surface area contributed by atoms with Crippen molar-refractivity contribution < 1.29 is 19.5 Å². The summed E-state index contributed by atoms with van der Waals surface area (Å²) in [7, 11) is 0. The van der Waals surface area contributed by atoms with Crippen molar-refractivity contribution >= 4 is 17.7 Å². The van der Waals surface area contributed by atoms with Crippen molar-refractivity contribution in [2.45, 2.75) is 44.4 Å². The molecule has 0 aliphatic carbocycles. The molecule has 2 N–H and O–H groups in total. The van der Waals surface area contributed by atoms with E-state index in [0.29, 0.717) is 45.7 Å². The fourth-order valence-electron chi connectivity index (χ4n) is 4.27. The fourth-order valence-corrected chi connectivity index (χ4v) is 4.27. The van der Waals surface area contributed by atoms with Gasteiger partial charge in [-0.15, -0.1) is 0 Å². The van der Waals surface area contributed by atoms with Crippen LogP contribution >= 0.6 is 0 Å². The largest absolute Gasteiger partial charge is 0.392 e. The van der Waals surface area contributed by atoms with E-state index in [-0.39, 0.29) is 41.8 Å². The molecular formula is C16H26N4O4. The van der Waals surface area contributed by atoms with E-state index in [1.165, 1.54) is 6.92 Å². The molecule has 24 heavy (non-hydrogen) atoms. The Labute approximate surface area is 141 Å². The van der Waals surface area contributed by atoms with E-state index < -0.39 is 0 Å². The van der Waals surface area contributed by atoms with Crippen LogP contribution in [0.4, 0.5) is 0 Å². The molecule has 3 amide bonds. The number of β-amino-alcohol motifs (C(OH)–C–C–N with tert-alkyl or cyclic N) is 1. The molecule has 8 heteroatoms. The summed E-state index contributed by atoms with van der Waals surface area (Å²) in [6, 6.07) is 0.146. The lowest BCUT2D eigenvalue weighted by Crippen LogP contribution is -2.79. The molecule has 3 aliphatic heterocycles. The number of amides is 3. The molecule has 3 fully saturated rings. The van der Waals surface area contributed by atoms with Gasteiger partial charge in [0.05, 0.1) is 11.6 Å². The molecule has 3 saturated heterocycles. The lowest BCUT2D eigenvalue weighted by Gasteiger charge is -2.60. The van der Waals surface area contributed by atoms with E-state index >= 15 is 0 Å². The number of nitrogens with one attached hydrogen (secondary N) is 1. The number of likely N-dealkylation sites (tertiary alicyclic amines) is 1. The Kier molecular flexibility index (Phi) is 4.52. The maximum absolute atomic E-state index is 12.5. The van der Waals surface area contributed by atoms with Crippen LogP contribution in [-0.2, 0) is 14.4 Å². The van der Waals surface area contributed by atoms with Gasteiger partial charge in [0, 0.05) is 65.6 Å². The smallest absolute Gasteiger partial charge is 0.224 e. The molecular weight excluding hydrogens is 312 g/mol. The van der Waals surface area contributed by atoms with Gasteiger partial charge in [-0.1, -0.05) is 0 Å². The summed E-state index contributed by atoms with van der Waals surface area (Å²) in [5.41, 5.74) is -0.226. The summed E-state index contributed by atoms with van der Waals surface area (Å²) < 4.78 is 0. The first-order valence-electron chi connectivity index (χ1n) is 8.53. The zero-order valence-corrected chi connectivity index (χ0v) is 14.3. The van der Waals surface area contributed by atoms with Gasteiger partial charge in [-0.05, 0) is 6.42 Å². The molecule has 0 aromatic heterocycles. The van der Waals surface area contributed by atoms with Gasteiger partial charge in [0.25, 0.3) is 0 Å². The standard InChI is InChI=1S/C16H26N4O4/c1-11(21)17-4-3-15(24)18-6-13-5-14(23)7-20(13)16(8-18)9-19(10-16)12(2)22/h13-14,23H,3-10H2,1-2H3,(H,17,21)/t13-,14-/m1/s1. The van der Waals surface area contributed by atoms with Crippen LogP contribution in [-0.4, -0.2) is 94.5 Å². The minimum atomic E-state index is -0.368. The van der Waals surface area contributed by atoms with Crippen LogP contribution in [0.3, 0.4) is 0 Å². The van der Waals surface area contributed by atoms with Crippen molar-refractivity contribution in [3.63, 3.8) is 0 Å². The SMILES string of the molecule is CC(=O)NCCC(=O)N1C[C@H]2C[C@@H](O)CN2C2(CN(C(C)=O)C2)C1. The lowest BCUT2D eigenvalue weighted by atomic mass is 9.83. The van der Waals surface area contributed by atoms with Crippen LogP contribution in [0.15, 0.2) is 0 Å². The van der Waals surface area contributed by atoms with Gasteiger partial charge in [-0.3, -0.25) is 19.3 Å². The van der Waals surface area contributed by atoms with Crippen molar-refractivity contribution in [1.29, 1.82) is 0 Å². The Morgan fingerprint density at radius 1 is 1.12 bits per heavy atom. The summed E-state index contributed by atoms with van der Waals surface area (Å²) in [5.74, 6) is -0.0735. The third-order valence-corrected chi connectivity index (χ3v) is 5.40. The number of rotatable bonds is 3. The van der Waals surface area contributed by atoms with Crippen molar-refractivity contribution in [3.05, 3.63) is 0 Å². The van der Waals surface area contributed by atoms with Crippen LogP contribution in [0.25, 0.3) is 0 Å². The summed E-state index contributed by atoms with van der Waals surface area (Å²) in [4.78, 5) is 40.9. The van der Waals surface area contributed by atoms with Gasteiger partial charge >= 0.3 is 0 Å². The summed E-state index contributed by atoms with van der Waals surface area (Å²) in [6.45, 7) is 6.36. The highest BCUT2D eigenvalue weighted by Gasteiger charge is 2.57. The molecule has 0 aromatic carbocycles. The third kappa shape index (κ3) is 3.12. The summed E-state index contributed by atoms with van der Waals surface area (Å²) in [5, 5.41) is 12.7. The Bertz CT molecular complexity index is 546. The van der Waals surface area contributed by atoms with Crippen LogP contribution in [0.1, 0.15) is 26.7 Å². The second kappa shape index (κ2) is 6.33. The number of aliphatic hydroxyl groups excluding tert-OH is 1. The third-order valence-electron chi connectivity index (χ3n) is 5.40. The lowest BCUT2D eigenvalue weighted by molar-refractivity contribution is -0.160. The number of hydrogen-bond acceptors (Lipinski definition) is 5. The predicted octanol–water partition coefficient (Wildman–Crippen LogP) is -1.61. The predicted molar refractivity (Wildman–Crippen MR) is 86.0 cm³/mol. The number of carbonyl (C=O) groups excluding carboxylic acids is 3. The number of fused-ring (bicyclic) bond motifs is 2. The first kappa shape index (κ1) is 17.2. The first-order valence-corrected chi connectivity index (χ1v) is 8.53. The Morgan fingerprint density at radius 2 is 1.79 bits per heavy atom. The minimum absolute atomic E-state index is 0.0189. The molecule has 0 radical (unpaired) electrons. The maximum atomic E-state index is 12.5. The zero-order valence-electron chi connectivity index (χ0n) is 14.3. The monoisotopic (exact) mass is 338 g/mol. The molecule has 3 rings (SSSR count). The van der Waals surface area contributed by atoms with Gasteiger partial charge in [-0.25, -0.2) is 0 Å². The topological polar surface area (TPSA) is 93.2 Å². The second-order valence-electron chi connectivity index (χ2n) is 7.30. The summed E-state index contributed by atoms with van der Waals surface area (Å²) in [6.07, 6.45) is 0.575. The highest BCUT2D eigenvalue weighted by atomic mass is 16.3. The quantitative estimate of drug-likeness (QED) is 0.646. The van der Waals surface area contributed by atoms with Gasteiger partial charge in [-0.2, -0.15) is 0 Å². The van der Waals surface area contributed by atoms with E-state index in [1.54, 1.807) is 11.8 Å². The van der Waals surface area contributed by atoms with E-state index in [2.05, 4.69) is 10.2 Å². The average molecular weight is 338 g/mol. The molecule has 134 valence electrons. The molecule has 2 atom stereocenters. The summed E-state index contributed by atoms with van der Waals surface area (Å²) >= 11 is 0.